The van der Waals surface area contributed by atoms with Crippen molar-refractivity contribution in [3.8, 4) is 0 Å². The van der Waals surface area contributed by atoms with Crippen LogP contribution in [0.5, 0.6) is 0 Å². The molecular formula is C12H18N2O2S. The van der Waals surface area contributed by atoms with Gasteiger partial charge in [0.05, 0.1) is 7.11 Å². The molecule has 17 heavy (non-hydrogen) atoms. The first-order valence-electron chi connectivity index (χ1n) is 5.92. The Balaban J connectivity index is 2.19. The first-order chi connectivity index (χ1) is 8.11. The minimum absolute atomic E-state index is 0.338. The molecular weight excluding hydrogens is 236 g/mol. The summed E-state index contributed by atoms with van der Waals surface area (Å²) in [6.45, 7) is 6.25. The third-order valence-corrected chi connectivity index (χ3v) is 4.12. The van der Waals surface area contributed by atoms with Crippen molar-refractivity contribution >= 4 is 22.4 Å². The number of ether oxygens (including phenoxy) is 1. The minimum atomic E-state index is -0.338. The Morgan fingerprint density at radius 3 is 3.00 bits per heavy atom. The zero-order valence-corrected chi connectivity index (χ0v) is 11.3. The average Bonchev–Trinajstić information content (AvgIpc) is 2.70. The van der Waals surface area contributed by atoms with Crippen molar-refractivity contribution in [2.24, 2.45) is 5.92 Å². The first-order valence-corrected chi connectivity index (χ1v) is 6.74. The molecule has 94 valence electrons. The highest BCUT2D eigenvalue weighted by molar-refractivity contribution is 7.15. The van der Waals surface area contributed by atoms with Crippen molar-refractivity contribution in [1.29, 1.82) is 0 Å². The molecule has 0 bridgehead atoms. The number of piperidine rings is 1. The van der Waals surface area contributed by atoms with Crippen LogP contribution >= 0.6 is 11.3 Å². The van der Waals surface area contributed by atoms with E-state index in [0.29, 0.717) is 11.6 Å². The van der Waals surface area contributed by atoms with Crippen LogP contribution in [0.2, 0.25) is 0 Å². The molecule has 1 aliphatic rings. The summed E-state index contributed by atoms with van der Waals surface area (Å²) in [4.78, 5) is 19.1. The molecule has 2 rings (SSSR count). The number of methoxy groups -OCH3 is 1. The zero-order valence-electron chi connectivity index (χ0n) is 10.5. The van der Waals surface area contributed by atoms with Gasteiger partial charge in [-0.3, -0.25) is 0 Å². The molecule has 0 N–H and O–H groups in total. The van der Waals surface area contributed by atoms with E-state index in [4.69, 9.17) is 4.74 Å². The molecule has 4 nitrogen and oxygen atoms in total. The fraction of sp³-hybridized carbons (Fsp3) is 0.667. The molecule has 2 heterocycles. The maximum absolute atomic E-state index is 11.5. The molecule has 0 spiro atoms. The van der Waals surface area contributed by atoms with Crippen molar-refractivity contribution < 1.29 is 9.53 Å². The number of anilines is 1. The molecule has 1 atom stereocenters. The molecule has 1 aliphatic heterocycles. The van der Waals surface area contributed by atoms with E-state index in [0.717, 1.165) is 23.1 Å². The second kappa shape index (κ2) is 5.04. The van der Waals surface area contributed by atoms with E-state index in [1.807, 2.05) is 6.92 Å². The summed E-state index contributed by atoms with van der Waals surface area (Å²) in [6, 6.07) is 0. The second-order valence-corrected chi connectivity index (χ2v) is 5.77. The Morgan fingerprint density at radius 2 is 2.35 bits per heavy atom. The number of rotatable bonds is 2. The highest BCUT2D eigenvalue weighted by atomic mass is 32.1. The van der Waals surface area contributed by atoms with Crippen LogP contribution in [0, 0.1) is 12.8 Å². The largest absolute Gasteiger partial charge is 0.464 e. The van der Waals surface area contributed by atoms with E-state index in [1.165, 1.54) is 20.0 Å². The summed E-state index contributed by atoms with van der Waals surface area (Å²) in [5.41, 5.74) is 0.464. The Kier molecular flexibility index (Phi) is 3.66. The highest BCUT2D eigenvalue weighted by Crippen LogP contribution is 2.29. The lowest BCUT2D eigenvalue weighted by molar-refractivity contribution is 0.0594. The van der Waals surface area contributed by atoms with Gasteiger partial charge in [0.25, 0.3) is 0 Å². The lowest BCUT2D eigenvalue weighted by Crippen LogP contribution is -2.34. The summed E-state index contributed by atoms with van der Waals surface area (Å²) >= 11 is 1.58. The maximum atomic E-state index is 11.5. The van der Waals surface area contributed by atoms with Crippen LogP contribution < -0.4 is 4.90 Å². The molecule has 0 radical (unpaired) electrons. The van der Waals surface area contributed by atoms with E-state index < -0.39 is 0 Å². The van der Waals surface area contributed by atoms with E-state index in [9.17, 15) is 4.79 Å². The predicted molar refractivity (Wildman–Crippen MR) is 68.8 cm³/mol. The maximum Gasteiger partial charge on any atom is 0.357 e. The fourth-order valence-corrected chi connectivity index (χ4v) is 3.10. The van der Waals surface area contributed by atoms with E-state index in [1.54, 1.807) is 11.3 Å². The molecule has 0 amide bonds. The van der Waals surface area contributed by atoms with Gasteiger partial charge in [0.2, 0.25) is 0 Å². The van der Waals surface area contributed by atoms with Gasteiger partial charge in [0.15, 0.2) is 10.8 Å². The van der Waals surface area contributed by atoms with Crippen LogP contribution in [0.1, 0.15) is 35.1 Å². The van der Waals surface area contributed by atoms with Crippen LogP contribution in [0.3, 0.4) is 0 Å². The minimum Gasteiger partial charge on any atom is -0.464 e. The lowest BCUT2D eigenvalue weighted by Gasteiger charge is -2.30. The molecule has 0 aliphatic carbocycles. The van der Waals surface area contributed by atoms with Gasteiger partial charge in [-0.05, 0) is 25.7 Å². The quantitative estimate of drug-likeness (QED) is 0.760. The number of thiazole rings is 1. The molecule has 0 saturated carbocycles. The zero-order chi connectivity index (χ0) is 12.4. The molecule has 5 heteroatoms. The number of hydrogen-bond acceptors (Lipinski definition) is 5. The Labute approximate surface area is 106 Å². The van der Waals surface area contributed by atoms with Crippen LogP contribution in [-0.2, 0) is 4.74 Å². The van der Waals surface area contributed by atoms with Crippen LogP contribution in [-0.4, -0.2) is 31.2 Å². The SMILES string of the molecule is COC(=O)c1nc(N2CCCC(C)C2)sc1C. The monoisotopic (exact) mass is 254 g/mol. The average molecular weight is 254 g/mol. The van der Waals surface area contributed by atoms with Crippen molar-refractivity contribution in [2.75, 3.05) is 25.1 Å². The molecule has 0 aromatic carbocycles. The van der Waals surface area contributed by atoms with Crippen LogP contribution in [0.4, 0.5) is 5.13 Å². The number of nitrogens with zero attached hydrogens (tertiary/aromatic N) is 2. The van der Waals surface area contributed by atoms with E-state index in [-0.39, 0.29) is 5.97 Å². The lowest BCUT2D eigenvalue weighted by atomic mass is 10.0. The Hall–Kier alpha value is -1.10. The summed E-state index contributed by atoms with van der Waals surface area (Å²) < 4.78 is 4.73. The molecule has 1 aromatic heterocycles. The summed E-state index contributed by atoms with van der Waals surface area (Å²) in [5.74, 6) is 0.365. The van der Waals surface area contributed by atoms with Gasteiger partial charge in [0, 0.05) is 18.0 Å². The number of carbonyl (C=O) groups excluding carboxylic acids is 1. The van der Waals surface area contributed by atoms with Gasteiger partial charge in [-0.25, -0.2) is 9.78 Å². The van der Waals surface area contributed by atoms with Gasteiger partial charge in [-0.15, -0.1) is 11.3 Å². The summed E-state index contributed by atoms with van der Waals surface area (Å²) in [7, 11) is 1.39. The smallest absolute Gasteiger partial charge is 0.357 e. The van der Waals surface area contributed by atoms with Gasteiger partial charge in [-0.1, -0.05) is 6.92 Å². The molecule has 1 aromatic rings. The van der Waals surface area contributed by atoms with Gasteiger partial charge in [0.1, 0.15) is 0 Å². The number of esters is 1. The molecule has 1 unspecified atom stereocenters. The van der Waals surface area contributed by atoms with Gasteiger partial charge in [-0.2, -0.15) is 0 Å². The second-order valence-electron chi connectivity index (χ2n) is 4.59. The first kappa shape index (κ1) is 12.4. The van der Waals surface area contributed by atoms with Crippen LogP contribution in [0.15, 0.2) is 0 Å². The third-order valence-electron chi connectivity index (χ3n) is 3.09. The number of hydrogen-bond donors (Lipinski definition) is 0. The van der Waals surface area contributed by atoms with Crippen molar-refractivity contribution in [3.63, 3.8) is 0 Å². The summed E-state index contributed by atoms with van der Waals surface area (Å²) in [5, 5.41) is 0.953. The van der Waals surface area contributed by atoms with Crippen molar-refractivity contribution in [2.45, 2.75) is 26.7 Å². The van der Waals surface area contributed by atoms with Crippen LogP contribution in [0.25, 0.3) is 0 Å². The van der Waals surface area contributed by atoms with Gasteiger partial charge < -0.3 is 9.64 Å². The topological polar surface area (TPSA) is 42.4 Å². The Morgan fingerprint density at radius 1 is 1.59 bits per heavy atom. The van der Waals surface area contributed by atoms with E-state index >= 15 is 0 Å². The van der Waals surface area contributed by atoms with E-state index in [2.05, 4.69) is 16.8 Å². The van der Waals surface area contributed by atoms with Gasteiger partial charge >= 0.3 is 5.97 Å². The normalized spacial score (nSPS) is 20.4. The standard InChI is InChI=1S/C12H18N2O2S/c1-8-5-4-6-14(7-8)12-13-10(9(2)17-12)11(15)16-3/h8H,4-7H2,1-3H3. The highest BCUT2D eigenvalue weighted by Gasteiger charge is 2.22. The summed E-state index contributed by atoms with van der Waals surface area (Å²) in [6.07, 6.45) is 2.48. The fourth-order valence-electron chi connectivity index (χ4n) is 2.17. The molecule has 1 saturated heterocycles. The number of aromatic nitrogens is 1. The Bertz CT molecular complexity index is 417. The third kappa shape index (κ3) is 2.60. The molecule has 1 fully saturated rings. The van der Waals surface area contributed by atoms with Crippen molar-refractivity contribution in [3.05, 3.63) is 10.6 Å². The predicted octanol–water partition coefficient (Wildman–Crippen LogP) is 2.47. The van der Waals surface area contributed by atoms with Crippen molar-refractivity contribution in [1.82, 2.24) is 4.98 Å². The number of carbonyl (C=O) groups is 1. The number of aryl methyl sites for hydroxylation is 1.